The van der Waals surface area contributed by atoms with Gasteiger partial charge in [-0.15, -0.1) is 0 Å². The number of hydrogen-bond acceptors (Lipinski definition) is 5. The SMILES string of the molecule is CCOC(=O)[C@@](O)(c1ccc(Cl)cc1)[C@@H]1C=CC(=O)O1. The molecule has 106 valence electrons. The van der Waals surface area contributed by atoms with Crippen molar-refractivity contribution in [1.29, 1.82) is 0 Å². The van der Waals surface area contributed by atoms with Gasteiger partial charge in [0.2, 0.25) is 5.60 Å². The number of ether oxygens (including phenoxy) is 2. The van der Waals surface area contributed by atoms with Crippen molar-refractivity contribution < 1.29 is 24.2 Å². The number of cyclic esters (lactones) is 1. The first-order chi connectivity index (χ1) is 9.48. The van der Waals surface area contributed by atoms with Crippen LogP contribution in [0.4, 0.5) is 0 Å². The van der Waals surface area contributed by atoms with Crippen molar-refractivity contribution in [1.82, 2.24) is 0 Å². The van der Waals surface area contributed by atoms with Gasteiger partial charge in [-0.2, -0.15) is 0 Å². The van der Waals surface area contributed by atoms with Crippen LogP contribution in [0.3, 0.4) is 0 Å². The molecule has 20 heavy (non-hydrogen) atoms. The predicted octanol–water partition coefficient (Wildman–Crippen LogP) is 1.57. The van der Waals surface area contributed by atoms with E-state index in [1.54, 1.807) is 6.92 Å². The zero-order valence-corrected chi connectivity index (χ0v) is 11.5. The molecule has 1 aromatic rings. The third-order valence-electron chi connectivity index (χ3n) is 2.93. The van der Waals surface area contributed by atoms with E-state index in [2.05, 4.69) is 0 Å². The molecule has 0 amide bonds. The van der Waals surface area contributed by atoms with Crippen LogP contribution >= 0.6 is 11.6 Å². The average molecular weight is 297 g/mol. The normalized spacial score (nSPS) is 20.4. The van der Waals surface area contributed by atoms with Crippen molar-refractivity contribution in [2.24, 2.45) is 0 Å². The number of benzene rings is 1. The highest BCUT2D eigenvalue weighted by molar-refractivity contribution is 6.30. The Balaban J connectivity index is 2.43. The molecule has 0 unspecified atom stereocenters. The van der Waals surface area contributed by atoms with Crippen LogP contribution in [0, 0.1) is 0 Å². The Bertz CT molecular complexity index is 551. The Hall–Kier alpha value is -1.85. The largest absolute Gasteiger partial charge is 0.463 e. The van der Waals surface area contributed by atoms with Crippen molar-refractivity contribution >= 4 is 23.5 Å². The number of rotatable bonds is 4. The van der Waals surface area contributed by atoms with Gasteiger partial charge in [-0.1, -0.05) is 23.7 Å². The van der Waals surface area contributed by atoms with Crippen LogP contribution < -0.4 is 0 Å². The number of hydrogen-bond donors (Lipinski definition) is 1. The molecule has 0 saturated carbocycles. The maximum absolute atomic E-state index is 12.1. The first-order valence-electron chi connectivity index (χ1n) is 6.03. The van der Waals surface area contributed by atoms with Crippen LogP contribution in [0.2, 0.25) is 5.02 Å². The lowest BCUT2D eigenvalue weighted by Crippen LogP contribution is -2.47. The standard InChI is InChI=1S/C14H13ClO5/c1-2-19-13(17)14(18,11-7-8-12(16)20-11)9-3-5-10(15)6-4-9/h3-8,11,18H,2H2,1H3/t11-,14+/m0/s1. The minimum Gasteiger partial charge on any atom is -0.463 e. The third kappa shape index (κ3) is 2.55. The molecule has 2 atom stereocenters. The van der Waals surface area contributed by atoms with Crippen LogP contribution in [0.5, 0.6) is 0 Å². The summed E-state index contributed by atoms with van der Waals surface area (Å²) >= 11 is 5.79. The summed E-state index contributed by atoms with van der Waals surface area (Å²) in [5, 5.41) is 11.2. The first kappa shape index (κ1) is 14.6. The molecule has 2 rings (SSSR count). The second-order valence-electron chi connectivity index (χ2n) is 4.21. The van der Waals surface area contributed by atoms with Gasteiger partial charge in [-0.25, -0.2) is 9.59 Å². The molecule has 1 aliphatic rings. The van der Waals surface area contributed by atoms with Gasteiger partial charge in [0.05, 0.1) is 6.61 Å². The van der Waals surface area contributed by atoms with Crippen molar-refractivity contribution in [3.05, 3.63) is 47.0 Å². The molecule has 5 nitrogen and oxygen atoms in total. The molecule has 0 bridgehead atoms. The maximum atomic E-state index is 12.1. The average Bonchev–Trinajstić information content (AvgIpc) is 2.86. The van der Waals surface area contributed by atoms with Gasteiger partial charge < -0.3 is 14.6 Å². The molecule has 0 aliphatic carbocycles. The molecule has 1 N–H and O–H groups in total. The maximum Gasteiger partial charge on any atom is 0.347 e. The number of esters is 2. The summed E-state index contributed by atoms with van der Waals surface area (Å²) in [4.78, 5) is 23.3. The van der Waals surface area contributed by atoms with Gasteiger partial charge in [0.1, 0.15) is 0 Å². The number of aliphatic hydroxyl groups is 1. The van der Waals surface area contributed by atoms with Crippen molar-refractivity contribution in [3.8, 4) is 0 Å². The quantitative estimate of drug-likeness (QED) is 0.854. The summed E-state index contributed by atoms with van der Waals surface area (Å²) in [5.41, 5.74) is -1.85. The zero-order valence-electron chi connectivity index (χ0n) is 10.7. The zero-order chi connectivity index (χ0) is 14.8. The summed E-state index contributed by atoms with van der Waals surface area (Å²) < 4.78 is 9.84. The fraction of sp³-hybridized carbons (Fsp3) is 0.286. The second kappa shape index (κ2) is 5.64. The van der Waals surface area contributed by atoms with Gasteiger partial charge in [0, 0.05) is 11.1 Å². The van der Waals surface area contributed by atoms with E-state index in [1.807, 2.05) is 0 Å². The molecule has 0 radical (unpaired) electrons. The summed E-state index contributed by atoms with van der Waals surface area (Å²) in [6, 6.07) is 6.03. The third-order valence-corrected chi connectivity index (χ3v) is 3.18. The Kier molecular flexibility index (Phi) is 4.11. The van der Waals surface area contributed by atoms with E-state index >= 15 is 0 Å². The molecule has 0 fully saturated rings. The fourth-order valence-corrected chi connectivity index (χ4v) is 2.06. The van der Waals surface area contributed by atoms with Gasteiger partial charge in [-0.05, 0) is 30.7 Å². The molecule has 0 spiro atoms. The summed E-state index contributed by atoms with van der Waals surface area (Å²) in [6.07, 6.45) is 1.36. The second-order valence-corrected chi connectivity index (χ2v) is 4.65. The van der Waals surface area contributed by atoms with Crippen molar-refractivity contribution in [3.63, 3.8) is 0 Å². The number of carbonyl (C=O) groups is 2. The van der Waals surface area contributed by atoms with Crippen LogP contribution in [0.25, 0.3) is 0 Å². The molecular weight excluding hydrogens is 284 g/mol. The van der Waals surface area contributed by atoms with E-state index in [0.717, 1.165) is 6.08 Å². The van der Waals surface area contributed by atoms with Crippen LogP contribution in [-0.4, -0.2) is 29.8 Å². The Labute approximate surface area is 120 Å². The highest BCUT2D eigenvalue weighted by Gasteiger charge is 2.49. The first-order valence-corrected chi connectivity index (χ1v) is 6.40. The topological polar surface area (TPSA) is 72.8 Å². The molecule has 6 heteroatoms. The fourth-order valence-electron chi connectivity index (χ4n) is 1.94. The van der Waals surface area contributed by atoms with Gasteiger partial charge in [0.25, 0.3) is 0 Å². The van der Waals surface area contributed by atoms with E-state index in [4.69, 9.17) is 21.1 Å². The van der Waals surface area contributed by atoms with Crippen LogP contribution in [0.1, 0.15) is 12.5 Å². The lowest BCUT2D eigenvalue weighted by Gasteiger charge is -2.30. The minimum absolute atomic E-state index is 0.0963. The van der Waals surface area contributed by atoms with E-state index in [9.17, 15) is 14.7 Å². The number of carbonyl (C=O) groups excluding carboxylic acids is 2. The molecule has 1 heterocycles. The Morgan fingerprint density at radius 3 is 2.60 bits per heavy atom. The Morgan fingerprint density at radius 1 is 1.45 bits per heavy atom. The molecule has 1 aliphatic heterocycles. The summed E-state index contributed by atoms with van der Waals surface area (Å²) in [6.45, 7) is 1.72. The van der Waals surface area contributed by atoms with E-state index < -0.39 is 23.6 Å². The summed E-state index contributed by atoms with van der Waals surface area (Å²) in [5.74, 6) is -1.50. The molecule has 0 aromatic heterocycles. The highest BCUT2D eigenvalue weighted by Crippen LogP contribution is 2.32. The van der Waals surface area contributed by atoms with Gasteiger partial charge in [0.15, 0.2) is 6.10 Å². The van der Waals surface area contributed by atoms with Crippen LogP contribution in [-0.2, 0) is 24.7 Å². The van der Waals surface area contributed by atoms with Gasteiger partial charge in [-0.3, -0.25) is 0 Å². The molecular formula is C14H13ClO5. The van der Waals surface area contributed by atoms with Gasteiger partial charge >= 0.3 is 11.9 Å². The lowest BCUT2D eigenvalue weighted by molar-refractivity contribution is -0.181. The minimum atomic E-state index is -2.09. The smallest absolute Gasteiger partial charge is 0.347 e. The van der Waals surface area contributed by atoms with Crippen molar-refractivity contribution in [2.45, 2.75) is 18.6 Å². The van der Waals surface area contributed by atoms with Crippen LogP contribution in [0.15, 0.2) is 36.4 Å². The number of halogens is 1. The molecule has 0 saturated heterocycles. The van der Waals surface area contributed by atoms with Crippen molar-refractivity contribution in [2.75, 3.05) is 6.61 Å². The van der Waals surface area contributed by atoms with E-state index in [0.29, 0.717) is 5.02 Å². The van der Waals surface area contributed by atoms with E-state index in [-0.39, 0.29) is 12.2 Å². The Morgan fingerprint density at radius 2 is 2.10 bits per heavy atom. The predicted molar refractivity (Wildman–Crippen MR) is 71.0 cm³/mol. The highest BCUT2D eigenvalue weighted by atomic mass is 35.5. The monoisotopic (exact) mass is 296 g/mol. The van der Waals surface area contributed by atoms with E-state index in [1.165, 1.54) is 30.3 Å². The summed E-state index contributed by atoms with van der Waals surface area (Å²) in [7, 11) is 0. The molecule has 1 aromatic carbocycles. The lowest BCUT2D eigenvalue weighted by atomic mass is 9.88.